The second-order valence-electron chi connectivity index (χ2n) is 9.16. The summed E-state index contributed by atoms with van der Waals surface area (Å²) in [5.41, 5.74) is 8.52. The maximum Gasteiger partial charge on any atom is 0.317 e. The van der Waals surface area contributed by atoms with E-state index in [-0.39, 0.29) is 23.7 Å². The number of hydrogen-bond donors (Lipinski definition) is 3. The van der Waals surface area contributed by atoms with Crippen LogP contribution in [0.25, 0.3) is 0 Å². The molecule has 2 aliphatic heterocycles. The molecule has 6 nitrogen and oxygen atoms in total. The highest BCUT2D eigenvalue weighted by molar-refractivity contribution is 5.73. The molecule has 2 saturated heterocycles. The predicted molar refractivity (Wildman–Crippen MR) is 126 cm³/mol. The van der Waals surface area contributed by atoms with E-state index in [0.29, 0.717) is 25.0 Å². The van der Waals surface area contributed by atoms with E-state index in [2.05, 4.69) is 21.1 Å². The number of nitrogens with one attached hydrogen (secondary N) is 3. The Bertz CT molecular complexity index is 925. The van der Waals surface area contributed by atoms with Gasteiger partial charge in [-0.3, -0.25) is 10.9 Å². The van der Waals surface area contributed by atoms with E-state index in [1.165, 1.54) is 18.2 Å². The van der Waals surface area contributed by atoms with Gasteiger partial charge in [-0.15, -0.1) is 0 Å². The lowest BCUT2D eigenvalue weighted by Crippen LogP contribution is -2.40. The number of hydrogen-bond acceptors (Lipinski definition) is 4. The second-order valence-corrected chi connectivity index (χ2v) is 9.16. The minimum atomic E-state index is -0.226. The number of halogens is 2. The van der Waals surface area contributed by atoms with Crippen LogP contribution in [0.4, 0.5) is 19.3 Å². The van der Waals surface area contributed by atoms with Crippen LogP contribution in [0.2, 0.25) is 0 Å². The zero-order valence-corrected chi connectivity index (χ0v) is 19.1. The first kappa shape index (κ1) is 23.4. The van der Waals surface area contributed by atoms with Crippen molar-refractivity contribution in [2.24, 2.45) is 5.92 Å². The van der Waals surface area contributed by atoms with Gasteiger partial charge in [-0.05, 0) is 73.6 Å². The van der Waals surface area contributed by atoms with Crippen LogP contribution in [-0.2, 0) is 0 Å². The van der Waals surface area contributed by atoms with Crippen LogP contribution in [-0.4, -0.2) is 50.2 Å². The van der Waals surface area contributed by atoms with Crippen molar-refractivity contribution < 1.29 is 13.6 Å². The molecule has 4 rings (SSSR count). The lowest BCUT2D eigenvalue weighted by Gasteiger charge is -2.21. The predicted octanol–water partition coefficient (Wildman–Crippen LogP) is 3.82. The third-order valence-electron chi connectivity index (χ3n) is 6.65. The summed E-state index contributed by atoms with van der Waals surface area (Å²) in [4.78, 5) is 16.5. The van der Waals surface area contributed by atoms with E-state index in [1.54, 1.807) is 29.2 Å². The van der Waals surface area contributed by atoms with Crippen LogP contribution < -0.4 is 21.1 Å². The lowest BCUT2D eigenvalue weighted by atomic mass is 9.99. The monoisotopic (exact) mass is 457 g/mol. The van der Waals surface area contributed by atoms with Gasteiger partial charge < -0.3 is 15.1 Å². The number of hydrazine groups is 1. The normalized spacial score (nSPS) is 22.5. The molecule has 3 N–H and O–H groups in total. The molecule has 2 heterocycles. The van der Waals surface area contributed by atoms with Crippen molar-refractivity contribution in [3.63, 3.8) is 0 Å². The van der Waals surface area contributed by atoms with Crippen molar-refractivity contribution in [1.29, 1.82) is 0 Å². The van der Waals surface area contributed by atoms with Crippen molar-refractivity contribution in [2.75, 3.05) is 38.1 Å². The largest absolute Gasteiger partial charge is 0.371 e. The molecule has 2 aromatic rings. The Labute approximate surface area is 194 Å². The maximum absolute atomic E-state index is 13.5. The molecule has 0 radical (unpaired) electrons. The molecule has 2 amide bonds. The minimum absolute atomic E-state index is 0.0506. The van der Waals surface area contributed by atoms with Gasteiger partial charge in [0.15, 0.2) is 0 Å². The number of rotatable bonds is 8. The molecule has 0 bridgehead atoms. The van der Waals surface area contributed by atoms with E-state index < -0.39 is 0 Å². The summed E-state index contributed by atoms with van der Waals surface area (Å²) in [6, 6.07) is 13.6. The zero-order valence-electron chi connectivity index (χ0n) is 19.1. The topological polar surface area (TPSA) is 59.6 Å². The fourth-order valence-corrected chi connectivity index (χ4v) is 4.68. The highest BCUT2D eigenvalue weighted by Crippen LogP contribution is 2.25. The van der Waals surface area contributed by atoms with Gasteiger partial charge in [-0.2, -0.15) is 0 Å². The molecule has 8 heteroatoms. The highest BCUT2D eigenvalue weighted by atomic mass is 19.1. The average molecular weight is 458 g/mol. The van der Waals surface area contributed by atoms with Gasteiger partial charge in [0.1, 0.15) is 11.6 Å². The van der Waals surface area contributed by atoms with Gasteiger partial charge >= 0.3 is 6.03 Å². The average Bonchev–Trinajstić information content (AvgIpc) is 3.48. The molecule has 3 unspecified atom stereocenters. The summed E-state index contributed by atoms with van der Waals surface area (Å²) in [7, 11) is 1.82. The zero-order chi connectivity index (χ0) is 23.2. The highest BCUT2D eigenvalue weighted by Gasteiger charge is 2.26. The van der Waals surface area contributed by atoms with E-state index in [1.807, 2.05) is 13.1 Å². The third-order valence-corrected chi connectivity index (χ3v) is 6.65. The van der Waals surface area contributed by atoms with Gasteiger partial charge in [0, 0.05) is 51.0 Å². The SMILES string of the molecule is CN(CCCC1CC(c2cccc(F)c2)NN1)C(=O)NCC1CCN(c2ccc(F)cc2)C1. The van der Waals surface area contributed by atoms with E-state index in [4.69, 9.17) is 0 Å². The molecule has 0 spiro atoms. The molecule has 0 aliphatic carbocycles. The van der Waals surface area contributed by atoms with Gasteiger partial charge in [-0.1, -0.05) is 12.1 Å². The summed E-state index contributed by atoms with van der Waals surface area (Å²) in [6.45, 7) is 3.11. The third kappa shape index (κ3) is 6.42. The molecule has 2 fully saturated rings. The summed E-state index contributed by atoms with van der Waals surface area (Å²) >= 11 is 0. The fourth-order valence-electron chi connectivity index (χ4n) is 4.68. The minimum Gasteiger partial charge on any atom is -0.371 e. The molecule has 178 valence electrons. The Balaban J connectivity index is 1.12. The summed E-state index contributed by atoms with van der Waals surface area (Å²) in [5, 5.41) is 3.05. The van der Waals surface area contributed by atoms with E-state index in [9.17, 15) is 13.6 Å². The summed E-state index contributed by atoms with van der Waals surface area (Å²) in [6.07, 6.45) is 3.73. The number of urea groups is 1. The number of carbonyl (C=O) groups excluding carboxylic acids is 1. The molecular formula is C25H33F2N5O. The lowest BCUT2D eigenvalue weighted by molar-refractivity contribution is 0.205. The number of amides is 2. The van der Waals surface area contributed by atoms with Gasteiger partial charge in [-0.25, -0.2) is 13.6 Å². The first-order valence-corrected chi connectivity index (χ1v) is 11.7. The van der Waals surface area contributed by atoms with Crippen molar-refractivity contribution in [1.82, 2.24) is 21.1 Å². The van der Waals surface area contributed by atoms with Crippen LogP contribution in [0.15, 0.2) is 48.5 Å². The molecule has 3 atom stereocenters. The Morgan fingerprint density at radius 2 is 1.97 bits per heavy atom. The van der Waals surface area contributed by atoms with E-state index in [0.717, 1.165) is 50.0 Å². The Kier molecular flexibility index (Phi) is 7.77. The van der Waals surface area contributed by atoms with Crippen molar-refractivity contribution in [3.8, 4) is 0 Å². The molecule has 33 heavy (non-hydrogen) atoms. The Morgan fingerprint density at radius 3 is 2.76 bits per heavy atom. The molecule has 0 saturated carbocycles. The standard InChI is InChI=1S/C25H33F2N5O/c1-31(12-3-6-22-15-24(30-29-22)19-4-2-5-21(27)14-19)25(33)28-16-18-11-13-32(17-18)23-9-7-20(26)8-10-23/h2,4-5,7-10,14,18,22,24,29-30H,3,6,11-13,15-17H2,1H3,(H,28,33). The number of nitrogens with zero attached hydrogens (tertiary/aromatic N) is 2. The van der Waals surface area contributed by atoms with Gasteiger partial charge in [0.25, 0.3) is 0 Å². The fraction of sp³-hybridized carbons (Fsp3) is 0.480. The molecular weight excluding hydrogens is 424 g/mol. The van der Waals surface area contributed by atoms with Crippen molar-refractivity contribution in [2.45, 2.75) is 37.8 Å². The Morgan fingerprint density at radius 1 is 1.15 bits per heavy atom. The Hall–Kier alpha value is -2.71. The van der Waals surface area contributed by atoms with Gasteiger partial charge in [0.2, 0.25) is 0 Å². The second kappa shape index (κ2) is 10.9. The summed E-state index contributed by atoms with van der Waals surface area (Å²) in [5.74, 6) is -0.0525. The quantitative estimate of drug-likeness (QED) is 0.564. The molecule has 2 aliphatic rings. The number of carbonyl (C=O) groups is 1. The van der Waals surface area contributed by atoms with Crippen LogP contribution in [0.5, 0.6) is 0 Å². The van der Waals surface area contributed by atoms with Gasteiger partial charge in [0.05, 0.1) is 0 Å². The van der Waals surface area contributed by atoms with Crippen LogP contribution in [0.1, 0.15) is 37.3 Å². The number of benzene rings is 2. The van der Waals surface area contributed by atoms with Crippen LogP contribution in [0, 0.1) is 17.6 Å². The smallest absolute Gasteiger partial charge is 0.317 e. The molecule has 2 aromatic carbocycles. The maximum atomic E-state index is 13.5. The van der Waals surface area contributed by atoms with Crippen molar-refractivity contribution >= 4 is 11.7 Å². The van der Waals surface area contributed by atoms with Crippen LogP contribution in [0.3, 0.4) is 0 Å². The van der Waals surface area contributed by atoms with Crippen molar-refractivity contribution in [3.05, 3.63) is 65.7 Å². The first-order chi connectivity index (χ1) is 16.0. The van der Waals surface area contributed by atoms with E-state index >= 15 is 0 Å². The summed E-state index contributed by atoms with van der Waals surface area (Å²) < 4.78 is 26.6. The first-order valence-electron chi connectivity index (χ1n) is 11.7. The van der Waals surface area contributed by atoms with Crippen LogP contribution >= 0.6 is 0 Å². The number of anilines is 1. The molecule has 0 aromatic heterocycles.